The first-order valence-corrected chi connectivity index (χ1v) is 24.6. The van der Waals surface area contributed by atoms with Crippen LogP contribution in [-0.2, 0) is 18.0 Å². The first-order valence-electron chi connectivity index (χ1n) is 15.1. The number of nitrogens with two attached hydrogens (primary N) is 1. The minimum absolute atomic E-state index is 0.0339. The number of hydrogen-bond donors (Lipinski definition) is 1. The van der Waals surface area contributed by atoms with Crippen LogP contribution in [0, 0.1) is 11.3 Å². The summed E-state index contributed by atoms with van der Waals surface area (Å²) in [6, 6.07) is 2.29. The van der Waals surface area contributed by atoms with Crippen LogP contribution in [0.2, 0.25) is 54.4 Å². The van der Waals surface area contributed by atoms with E-state index in [9.17, 15) is 5.26 Å². The fourth-order valence-electron chi connectivity index (χ4n) is 4.32. The van der Waals surface area contributed by atoms with Gasteiger partial charge in [0.1, 0.15) is 46.8 Å². The Kier molecular flexibility index (Phi) is 10.1. The Labute approximate surface area is 270 Å². The minimum atomic E-state index is -2.35. The zero-order valence-electron chi connectivity index (χ0n) is 29.0. The molecular formula is C30H54BrN5O4Si3. The van der Waals surface area contributed by atoms with Crippen LogP contribution in [0.4, 0.5) is 5.82 Å². The molecule has 1 aliphatic heterocycles. The lowest BCUT2D eigenvalue weighted by Gasteiger charge is -2.44. The highest BCUT2D eigenvalue weighted by atomic mass is 79.9. The van der Waals surface area contributed by atoms with Crippen molar-refractivity contribution in [2.45, 2.75) is 141 Å². The van der Waals surface area contributed by atoms with Gasteiger partial charge in [-0.3, -0.25) is 4.57 Å². The van der Waals surface area contributed by atoms with Crippen molar-refractivity contribution >= 4 is 57.7 Å². The molecule has 0 amide bonds. The van der Waals surface area contributed by atoms with E-state index in [0.717, 1.165) is 0 Å². The minimum Gasteiger partial charge on any atom is -0.414 e. The lowest BCUT2D eigenvalue weighted by atomic mass is 10.1. The fraction of sp³-hybridized carbons (Fsp3) is 0.767. The maximum absolute atomic E-state index is 10.1. The van der Waals surface area contributed by atoms with Gasteiger partial charge in [-0.1, -0.05) is 62.3 Å². The fourth-order valence-corrected chi connectivity index (χ4v) is 8.60. The second kappa shape index (κ2) is 11.9. The third kappa shape index (κ3) is 7.01. The van der Waals surface area contributed by atoms with Gasteiger partial charge in [0, 0.05) is 0 Å². The van der Waals surface area contributed by atoms with Crippen LogP contribution in [-0.4, -0.2) is 64.4 Å². The summed E-state index contributed by atoms with van der Waals surface area (Å²) in [7, 11) is -6.77. The van der Waals surface area contributed by atoms with E-state index in [-0.39, 0.29) is 20.9 Å². The second-order valence-corrected chi connectivity index (χ2v) is 31.5. The number of nitrogen functional groups attached to an aromatic ring is 1. The van der Waals surface area contributed by atoms with Crippen molar-refractivity contribution in [1.29, 1.82) is 5.26 Å². The highest BCUT2D eigenvalue weighted by molar-refractivity contribution is 9.10. The average Bonchev–Trinajstić information content (AvgIpc) is 3.29. The molecular weight excluding hydrogens is 659 g/mol. The molecule has 0 aromatic carbocycles. The first-order chi connectivity index (χ1) is 19.3. The topological polar surface area (TPSA) is 117 Å². The van der Waals surface area contributed by atoms with Gasteiger partial charge in [-0.25, -0.2) is 9.97 Å². The molecule has 43 heavy (non-hydrogen) atoms. The van der Waals surface area contributed by atoms with E-state index >= 15 is 0 Å². The number of hydrogen-bond acceptors (Lipinski definition) is 8. The molecule has 2 aromatic rings. The molecule has 242 valence electrons. The molecule has 1 saturated heterocycles. The van der Waals surface area contributed by atoms with Crippen LogP contribution in [0.25, 0.3) is 11.0 Å². The van der Waals surface area contributed by atoms with Crippen molar-refractivity contribution in [3.63, 3.8) is 0 Å². The van der Waals surface area contributed by atoms with Gasteiger partial charge in [-0.15, -0.1) is 0 Å². The quantitative estimate of drug-likeness (QED) is 0.272. The van der Waals surface area contributed by atoms with Gasteiger partial charge in [0.2, 0.25) is 0 Å². The molecule has 0 bridgehead atoms. The third-order valence-corrected chi connectivity index (χ3v) is 24.5. The molecule has 0 saturated carbocycles. The molecule has 9 nitrogen and oxygen atoms in total. The van der Waals surface area contributed by atoms with E-state index in [4.69, 9.17) is 23.7 Å². The summed E-state index contributed by atoms with van der Waals surface area (Å²) in [5.74, 6) is 0.243. The Morgan fingerprint density at radius 1 is 0.884 bits per heavy atom. The molecule has 0 aliphatic carbocycles. The van der Waals surface area contributed by atoms with Gasteiger partial charge in [0.25, 0.3) is 0 Å². The monoisotopic (exact) mass is 711 g/mol. The van der Waals surface area contributed by atoms with Gasteiger partial charge in [0.15, 0.2) is 31.2 Å². The number of aromatic nitrogens is 3. The van der Waals surface area contributed by atoms with Gasteiger partial charge in [-0.05, 0) is 70.3 Å². The van der Waals surface area contributed by atoms with Crippen molar-refractivity contribution in [3.05, 3.63) is 16.5 Å². The number of nitriles is 1. The third-order valence-electron chi connectivity index (χ3n) is 10.3. The van der Waals surface area contributed by atoms with E-state index in [1.54, 1.807) is 0 Å². The van der Waals surface area contributed by atoms with E-state index in [1.165, 1.54) is 6.33 Å². The lowest BCUT2D eigenvalue weighted by Crippen LogP contribution is -2.54. The Bertz CT molecular complexity index is 1370. The summed E-state index contributed by atoms with van der Waals surface area (Å²) in [6.45, 7) is 34.0. The highest BCUT2D eigenvalue weighted by Gasteiger charge is 2.55. The van der Waals surface area contributed by atoms with E-state index in [1.807, 2.05) is 4.57 Å². The van der Waals surface area contributed by atoms with Gasteiger partial charge in [-0.2, -0.15) is 5.26 Å². The van der Waals surface area contributed by atoms with Gasteiger partial charge >= 0.3 is 0 Å². The molecule has 3 heterocycles. The van der Waals surface area contributed by atoms with E-state index in [0.29, 0.717) is 27.8 Å². The number of ether oxygens (including phenoxy) is 1. The maximum Gasteiger partial charge on any atom is 0.192 e. The van der Waals surface area contributed by atoms with Crippen molar-refractivity contribution in [2.75, 3.05) is 12.3 Å². The van der Waals surface area contributed by atoms with Crippen molar-refractivity contribution in [3.8, 4) is 6.07 Å². The molecule has 1 fully saturated rings. The Morgan fingerprint density at radius 2 is 1.37 bits per heavy atom. The van der Waals surface area contributed by atoms with Crippen LogP contribution in [0.15, 0.2) is 10.9 Å². The molecule has 2 N–H and O–H groups in total. The molecule has 0 spiro atoms. The summed E-state index contributed by atoms with van der Waals surface area (Å²) < 4.78 is 30.7. The molecule has 2 aromatic heterocycles. The van der Waals surface area contributed by atoms with Crippen molar-refractivity contribution < 1.29 is 18.0 Å². The zero-order valence-corrected chi connectivity index (χ0v) is 33.6. The van der Waals surface area contributed by atoms with Crippen LogP contribution in [0.1, 0.15) is 74.1 Å². The molecule has 1 aliphatic rings. The van der Waals surface area contributed by atoms with Crippen molar-refractivity contribution in [1.82, 2.24) is 14.5 Å². The van der Waals surface area contributed by atoms with Crippen LogP contribution in [0.5, 0.6) is 0 Å². The largest absolute Gasteiger partial charge is 0.414 e. The summed E-state index contributed by atoms with van der Waals surface area (Å²) in [5.41, 5.74) is 7.17. The smallest absolute Gasteiger partial charge is 0.192 e. The number of rotatable bonds is 8. The van der Waals surface area contributed by atoms with E-state index in [2.05, 4.69) is 134 Å². The Balaban J connectivity index is 2.27. The average molecular weight is 713 g/mol. The van der Waals surface area contributed by atoms with Crippen molar-refractivity contribution in [2.24, 2.45) is 0 Å². The molecule has 3 rings (SSSR count). The normalized spacial score (nSPS) is 22.8. The number of halogens is 1. The zero-order chi connectivity index (χ0) is 33.1. The molecule has 13 heteroatoms. The molecule has 4 atom stereocenters. The Hall–Kier alpha value is -1.12. The van der Waals surface area contributed by atoms with Crippen LogP contribution < -0.4 is 5.73 Å². The number of nitrogens with zero attached hydrogens (tertiary/aromatic N) is 4. The number of anilines is 1. The summed E-state index contributed by atoms with van der Waals surface area (Å²) in [5, 5.41) is 10.6. The Morgan fingerprint density at radius 3 is 1.84 bits per heavy atom. The SMILES string of the molecule is CC(C)(C)[Si](C)(C)OC[C@H]1O[C@@H](n2c(Br)c(C#N)c3c(N)ncnc32)[C@H](O[Si](C)(C)C(C)(C)C)[C@@H]1O[Si](C)(C)C(C)(C)C. The summed E-state index contributed by atoms with van der Waals surface area (Å²) in [4.78, 5) is 8.76. The summed E-state index contributed by atoms with van der Waals surface area (Å²) in [6.07, 6.45) is -0.527. The second-order valence-electron chi connectivity index (χ2n) is 16.4. The predicted molar refractivity (Wildman–Crippen MR) is 186 cm³/mol. The van der Waals surface area contributed by atoms with Gasteiger partial charge < -0.3 is 23.7 Å². The number of fused-ring (bicyclic) bond motifs is 1. The standard InChI is InChI=1S/C30H54BrN5O4Si3/c1-28(2,3)41(10,11)37-17-20-22(39-42(12,13)29(4,5)6)23(40-43(14,15)30(7,8)9)27(38-20)36-24(31)19(16-32)21-25(33)34-18-35-26(21)36/h18,20,22-23,27H,17H2,1-15H3,(H2,33,34,35)/t20-,22-,23-,27-/m1/s1. The lowest BCUT2D eigenvalue weighted by molar-refractivity contribution is -0.0477. The van der Waals surface area contributed by atoms with E-state index < -0.39 is 49.5 Å². The van der Waals surface area contributed by atoms with Crippen LogP contribution >= 0.6 is 15.9 Å². The molecule has 0 unspecified atom stereocenters. The van der Waals surface area contributed by atoms with Crippen LogP contribution in [0.3, 0.4) is 0 Å². The molecule has 0 radical (unpaired) electrons. The highest BCUT2D eigenvalue weighted by Crippen LogP contribution is 2.48. The maximum atomic E-state index is 10.1. The first kappa shape index (κ1) is 36.3. The summed E-state index contributed by atoms with van der Waals surface area (Å²) >= 11 is 3.71. The predicted octanol–water partition coefficient (Wildman–Crippen LogP) is 8.35. The van der Waals surface area contributed by atoms with Gasteiger partial charge in [0.05, 0.1) is 17.6 Å².